The van der Waals surface area contributed by atoms with E-state index in [-0.39, 0.29) is 12.3 Å². The van der Waals surface area contributed by atoms with Gasteiger partial charge in [0.1, 0.15) is 12.6 Å². The van der Waals surface area contributed by atoms with Crippen molar-refractivity contribution in [2.45, 2.75) is 19.6 Å². The molecular weight excluding hydrogens is 132 g/mol. The van der Waals surface area contributed by atoms with E-state index < -0.39 is 6.23 Å². The first-order valence-electron chi connectivity index (χ1n) is 2.90. The largest absolute Gasteiger partial charge is 0.374 e. The molecule has 0 aliphatic rings. The maximum absolute atomic E-state index is 10.7. The quantitative estimate of drug-likeness (QED) is 0.538. The number of hydrogen-bond donors (Lipinski definition) is 1. The molecule has 4 heteroatoms. The Morgan fingerprint density at radius 1 is 1.90 bits per heavy atom. The highest BCUT2D eigenvalue weighted by atomic mass is 16.3. The van der Waals surface area contributed by atoms with E-state index >= 15 is 0 Å². The Morgan fingerprint density at radius 2 is 2.40 bits per heavy atom. The van der Waals surface area contributed by atoms with Crippen LogP contribution in [0, 0.1) is 11.3 Å². The lowest BCUT2D eigenvalue weighted by Gasteiger charge is -2.18. The molecule has 0 saturated carbocycles. The maximum atomic E-state index is 10.7. The zero-order valence-corrected chi connectivity index (χ0v) is 6.03. The number of rotatable bonds is 2. The molecule has 0 aromatic carbocycles. The van der Waals surface area contributed by atoms with Gasteiger partial charge in [-0.05, 0) is 6.92 Å². The maximum Gasteiger partial charge on any atom is 0.238 e. The molecule has 56 valence electrons. The van der Waals surface area contributed by atoms with Gasteiger partial charge in [0.15, 0.2) is 0 Å². The second-order valence-electron chi connectivity index (χ2n) is 1.97. The van der Waals surface area contributed by atoms with Gasteiger partial charge in [-0.25, -0.2) is 0 Å². The molecule has 0 rings (SSSR count). The molecule has 10 heavy (non-hydrogen) atoms. The summed E-state index contributed by atoms with van der Waals surface area (Å²) in [5.41, 5.74) is 0. The Bertz CT molecular complexity index is 160. The first-order chi connectivity index (χ1) is 4.59. The Morgan fingerprint density at radius 3 is 2.70 bits per heavy atom. The number of hydrogen-bond acceptors (Lipinski definition) is 3. The van der Waals surface area contributed by atoms with E-state index in [4.69, 9.17) is 10.4 Å². The minimum atomic E-state index is -0.819. The molecule has 1 unspecified atom stereocenters. The highest BCUT2D eigenvalue weighted by molar-refractivity contribution is 5.78. The van der Waals surface area contributed by atoms with E-state index in [0.717, 1.165) is 4.90 Å². The number of carbonyl (C=O) groups excluding carboxylic acids is 1. The molecule has 0 bridgehead atoms. The number of aliphatic hydroxyl groups is 1. The third-order valence-corrected chi connectivity index (χ3v) is 1.18. The fourth-order valence-corrected chi connectivity index (χ4v) is 0.401. The van der Waals surface area contributed by atoms with E-state index in [0.29, 0.717) is 0 Å². The standard InChI is InChI=1S/C6H10N2O2/c1-5(9)8(2)6(10)3-4-7/h5,9H,3H2,1-2H3. The molecule has 0 saturated heterocycles. The van der Waals surface area contributed by atoms with Gasteiger partial charge in [-0.1, -0.05) is 0 Å². The van der Waals surface area contributed by atoms with Crippen molar-refractivity contribution in [1.29, 1.82) is 5.26 Å². The number of nitrogens with zero attached hydrogens (tertiary/aromatic N) is 2. The lowest BCUT2D eigenvalue weighted by Crippen LogP contribution is -2.34. The summed E-state index contributed by atoms with van der Waals surface area (Å²) in [5, 5.41) is 16.9. The van der Waals surface area contributed by atoms with Crippen molar-refractivity contribution in [3.8, 4) is 6.07 Å². The summed E-state index contributed by atoms with van der Waals surface area (Å²) in [5.74, 6) is -0.363. The van der Waals surface area contributed by atoms with Gasteiger partial charge in [0.2, 0.25) is 5.91 Å². The van der Waals surface area contributed by atoms with Gasteiger partial charge in [-0.15, -0.1) is 0 Å². The second kappa shape index (κ2) is 3.85. The number of amides is 1. The molecule has 4 nitrogen and oxygen atoms in total. The zero-order valence-electron chi connectivity index (χ0n) is 6.03. The SMILES string of the molecule is CC(O)N(C)C(=O)CC#N. The average Bonchev–Trinajstić information content (AvgIpc) is 1.87. The molecule has 1 N–H and O–H groups in total. The molecule has 0 aliphatic carbocycles. The van der Waals surface area contributed by atoms with Crippen molar-refractivity contribution in [3.05, 3.63) is 0 Å². The van der Waals surface area contributed by atoms with Crippen LogP contribution in [0.1, 0.15) is 13.3 Å². The van der Waals surface area contributed by atoms with Crippen LogP contribution in [0.15, 0.2) is 0 Å². The summed E-state index contributed by atoms with van der Waals surface area (Å²) in [6.07, 6.45) is -0.998. The first kappa shape index (κ1) is 8.92. The van der Waals surface area contributed by atoms with Crippen molar-refractivity contribution >= 4 is 5.91 Å². The van der Waals surface area contributed by atoms with Gasteiger partial charge in [-0.3, -0.25) is 4.79 Å². The minimum absolute atomic E-state index is 0.179. The van der Waals surface area contributed by atoms with Crippen LogP contribution in [-0.2, 0) is 4.79 Å². The molecular formula is C6H10N2O2. The van der Waals surface area contributed by atoms with Crippen LogP contribution in [0.4, 0.5) is 0 Å². The highest BCUT2D eigenvalue weighted by Crippen LogP contribution is 1.93. The smallest absolute Gasteiger partial charge is 0.238 e. The zero-order chi connectivity index (χ0) is 8.15. The van der Waals surface area contributed by atoms with Crippen LogP contribution in [0.3, 0.4) is 0 Å². The molecule has 0 spiro atoms. The van der Waals surface area contributed by atoms with Crippen LogP contribution < -0.4 is 0 Å². The summed E-state index contributed by atoms with van der Waals surface area (Å²) in [6.45, 7) is 1.47. The highest BCUT2D eigenvalue weighted by Gasteiger charge is 2.11. The van der Waals surface area contributed by atoms with Crippen LogP contribution in [0.2, 0.25) is 0 Å². The third kappa shape index (κ3) is 2.46. The lowest BCUT2D eigenvalue weighted by molar-refractivity contribution is -0.136. The minimum Gasteiger partial charge on any atom is -0.374 e. The van der Waals surface area contributed by atoms with Crippen LogP contribution in [0.25, 0.3) is 0 Å². The van der Waals surface area contributed by atoms with E-state index in [2.05, 4.69) is 0 Å². The molecule has 0 fully saturated rings. The normalized spacial score (nSPS) is 11.8. The number of nitriles is 1. The predicted molar refractivity (Wildman–Crippen MR) is 34.7 cm³/mol. The van der Waals surface area contributed by atoms with Gasteiger partial charge in [0.05, 0.1) is 6.07 Å². The van der Waals surface area contributed by atoms with Gasteiger partial charge >= 0.3 is 0 Å². The number of carbonyl (C=O) groups is 1. The van der Waals surface area contributed by atoms with Crippen LogP contribution >= 0.6 is 0 Å². The Kier molecular flexibility index (Phi) is 3.44. The Hall–Kier alpha value is -1.08. The van der Waals surface area contributed by atoms with E-state index in [1.807, 2.05) is 0 Å². The fourth-order valence-electron chi connectivity index (χ4n) is 0.401. The van der Waals surface area contributed by atoms with Crippen molar-refractivity contribution in [2.75, 3.05) is 7.05 Å². The van der Waals surface area contributed by atoms with Crippen molar-refractivity contribution < 1.29 is 9.90 Å². The summed E-state index contributed by atoms with van der Waals surface area (Å²) >= 11 is 0. The summed E-state index contributed by atoms with van der Waals surface area (Å²) < 4.78 is 0. The second-order valence-corrected chi connectivity index (χ2v) is 1.97. The van der Waals surface area contributed by atoms with Crippen molar-refractivity contribution in [3.63, 3.8) is 0 Å². The van der Waals surface area contributed by atoms with E-state index in [9.17, 15) is 4.79 Å². The number of aliphatic hydroxyl groups excluding tert-OH is 1. The van der Waals surface area contributed by atoms with Crippen molar-refractivity contribution in [2.24, 2.45) is 0 Å². The van der Waals surface area contributed by atoms with Crippen molar-refractivity contribution in [1.82, 2.24) is 4.90 Å². The molecule has 0 heterocycles. The third-order valence-electron chi connectivity index (χ3n) is 1.18. The summed E-state index contributed by atoms with van der Waals surface area (Å²) in [6, 6.07) is 1.70. The summed E-state index contributed by atoms with van der Waals surface area (Å²) in [7, 11) is 1.45. The van der Waals surface area contributed by atoms with Crippen LogP contribution in [-0.4, -0.2) is 29.2 Å². The van der Waals surface area contributed by atoms with Gasteiger partial charge < -0.3 is 10.0 Å². The molecule has 1 atom stereocenters. The lowest BCUT2D eigenvalue weighted by atomic mass is 10.4. The molecule has 0 radical (unpaired) electrons. The van der Waals surface area contributed by atoms with Crippen LogP contribution in [0.5, 0.6) is 0 Å². The molecule has 0 aliphatic heterocycles. The molecule has 1 amide bonds. The van der Waals surface area contributed by atoms with E-state index in [1.165, 1.54) is 14.0 Å². The van der Waals surface area contributed by atoms with Gasteiger partial charge in [-0.2, -0.15) is 5.26 Å². The topological polar surface area (TPSA) is 64.3 Å². The molecule has 0 aromatic heterocycles. The summed E-state index contributed by atoms with van der Waals surface area (Å²) in [4.78, 5) is 11.8. The van der Waals surface area contributed by atoms with Gasteiger partial charge in [0, 0.05) is 7.05 Å². The predicted octanol–water partition coefficient (Wildman–Crippen LogP) is -0.303. The molecule has 0 aromatic rings. The Balaban J connectivity index is 3.85. The van der Waals surface area contributed by atoms with Gasteiger partial charge in [0.25, 0.3) is 0 Å². The fraction of sp³-hybridized carbons (Fsp3) is 0.667. The first-order valence-corrected chi connectivity index (χ1v) is 2.90. The monoisotopic (exact) mass is 142 g/mol. The van der Waals surface area contributed by atoms with E-state index in [1.54, 1.807) is 6.07 Å². The average molecular weight is 142 g/mol. The Labute approximate surface area is 59.7 Å².